The molecule has 3 amide bonds. The van der Waals surface area contributed by atoms with E-state index in [9.17, 15) is 19.5 Å². The smallest absolute Gasteiger partial charge is 0.248 e. The number of carbonyl (C=O) groups is 3. The summed E-state index contributed by atoms with van der Waals surface area (Å²) in [4.78, 5) is 43.2. The molecule has 3 saturated heterocycles. The summed E-state index contributed by atoms with van der Waals surface area (Å²) in [7, 11) is 0. The highest BCUT2D eigenvalue weighted by Crippen LogP contribution is 2.66. The Bertz CT molecular complexity index is 1180. The molecule has 2 aromatic carbocycles. The SMILES string of the molecule is CC[C@@H](CO)N1C(=O)[C@@H]2[C@@H](C(=O)NCc3ccccc3)[C@H]3CCC2(S3)C1C(=O)Nc1c(C)cccc1C. The number of fused-ring (bicyclic) bond motifs is 1. The van der Waals surface area contributed by atoms with Crippen LogP contribution in [0.1, 0.15) is 42.9 Å². The molecule has 3 N–H and O–H groups in total. The van der Waals surface area contributed by atoms with Crippen molar-refractivity contribution in [1.82, 2.24) is 10.2 Å². The molecule has 5 rings (SSSR count). The maximum Gasteiger partial charge on any atom is 0.248 e. The maximum absolute atomic E-state index is 14.1. The Morgan fingerprint density at radius 1 is 1.11 bits per heavy atom. The number of hydrogen-bond donors (Lipinski definition) is 3. The zero-order chi connectivity index (χ0) is 26.3. The number of likely N-dealkylation sites (tertiary alicyclic amines) is 1. The molecule has 1 spiro atoms. The lowest BCUT2D eigenvalue weighted by molar-refractivity contribution is -0.142. The van der Waals surface area contributed by atoms with Gasteiger partial charge >= 0.3 is 0 Å². The van der Waals surface area contributed by atoms with Crippen LogP contribution in [0.25, 0.3) is 0 Å². The number of aliphatic hydroxyl groups is 1. The Labute approximate surface area is 222 Å². The number of aryl methyl sites for hydroxylation is 2. The average molecular weight is 522 g/mol. The van der Waals surface area contributed by atoms with Gasteiger partial charge in [-0.2, -0.15) is 0 Å². The van der Waals surface area contributed by atoms with Crippen LogP contribution in [0.5, 0.6) is 0 Å². The number of anilines is 1. The van der Waals surface area contributed by atoms with Crippen LogP contribution in [0.3, 0.4) is 0 Å². The van der Waals surface area contributed by atoms with Crippen molar-refractivity contribution >= 4 is 35.2 Å². The Kier molecular flexibility index (Phi) is 7.07. The summed E-state index contributed by atoms with van der Waals surface area (Å²) in [5.41, 5.74) is 3.66. The number of amides is 3. The third-order valence-corrected chi connectivity index (χ3v) is 10.4. The first-order valence-electron chi connectivity index (χ1n) is 13.1. The highest BCUT2D eigenvalue weighted by atomic mass is 32.2. The fourth-order valence-electron chi connectivity index (χ4n) is 6.60. The molecular weight excluding hydrogens is 486 g/mol. The summed E-state index contributed by atoms with van der Waals surface area (Å²) >= 11 is 1.64. The summed E-state index contributed by atoms with van der Waals surface area (Å²) in [6.07, 6.45) is 2.01. The predicted molar refractivity (Wildman–Crippen MR) is 145 cm³/mol. The molecule has 37 heavy (non-hydrogen) atoms. The van der Waals surface area contributed by atoms with Crippen LogP contribution < -0.4 is 10.6 Å². The summed E-state index contributed by atoms with van der Waals surface area (Å²) in [5.74, 6) is -1.63. The molecule has 0 radical (unpaired) electrons. The molecule has 0 aliphatic carbocycles. The van der Waals surface area contributed by atoms with Crippen molar-refractivity contribution in [3.63, 3.8) is 0 Å². The highest BCUT2D eigenvalue weighted by molar-refractivity contribution is 8.02. The van der Waals surface area contributed by atoms with E-state index in [1.54, 1.807) is 16.7 Å². The van der Waals surface area contributed by atoms with Crippen LogP contribution in [0.15, 0.2) is 48.5 Å². The number of nitrogens with zero attached hydrogens (tertiary/aromatic N) is 1. The van der Waals surface area contributed by atoms with Gasteiger partial charge in [0.2, 0.25) is 17.7 Å². The van der Waals surface area contributed by atoms with Crippen molar-refractivity contribution in [3.8, 4) is 0 Å². The molecule has 0 aromatic heterocycles. The minimum Gasteiger partial charge on any atom is -0.394 e. The normalized spacial score (nSPS) is 28.8. The quantitative estimate of drug-likeness (QED) is 0.495. The monoisotopic (exact) mass is 521 g/mol. The van der Waals surface area contributed by atoms with Crippen molar-refractivity contribution in [1.29, 1.82) is 0 Å². The van der Waals surface area contributed by atoms with E-state index in [0.29, 0.717) is 19.4 Å². The second kappa shape index (κ2) is 10.1. The summed E-state index contributed by atoms with van der Waals surface area (Å²) in [6.45, 7) is 5.99. The molecule has 6 atom stereocenters. The first-order valence-corrected chi connectivity index (χ1v) is 14.0. The van der Waals surface area contributed by atoms with E-state index in [2.05, 4.69) is 10.6 Å². The van der Waals surface area contributed by atoms with Gasteiger partial charge in [0.1, 0.15) is 6.04 Å². The average Bonchev–Trinajstić information content (AvgIpc) is 3.54. The molecule has 3 fully saturated rings. The molecule has 3 aliphatic rings. The number of hydrogen-bond acceptors (Lipinski definition) is 5. The molecule has 2 bridgehead atoms. The Morgan fingerprint density at radius 2 is 1.81 bits per heavy atom. The third-order valence-electron chi connectivity index (χ3n) is 8.40. The predicted octanol–water partition coefficient (Wildman–Crippen LogP) is 3.42. The fraction of sp³-hybridized carbons (Fsp3) is 0.483. The Balaban J connectivity index is 1.47. The summed E-state index contributed by atoms with van der Waals surface area (Å²) < 4.78 is -0.681. The van der Waals surface area contributed by atoms with Crippen molar-refractivity contribution in [2.45, 2.75) is 68.7 Å². The molecule has 8 heteroatoms. The van der Waals surface area contributed by atoms with Gasteiger partial charge in [-0.15, -0.1) is 11.8 Å². The topological polar surface area (TPSA) is 98.7 Å². The minimum absolute atomic E-state index is 0.00317. The molecule has 7 nitrogen and oxygen atoms in total. The van der Waals surface area contributed by atoms with E-state index in [1.807, 2.05) is 69.3 Å². The van der Waals surface area contributed by atoms with Gasteiger partial charge in [-0.25, -0.2) is 0 Å². The van der Waals surface area contributed by atoms with Gasteiger partial charge in [-0.05, 0) is 49.8 Å². The molecule has 0 saturated carbocycles. The lowest BCUT2D eigenvalue weighted by Gasteiger charge is -2.37. The first-order chi connectivity index (χ1) is 17.8. The third kappa shape index (κ3) is 4.24. The van der Waals surface area contributed by atoms with Gasteiger partial charge in [0.25, 0.3) is 0 Å². The number of para-hydroxylation sites is 1. The van der Waals surface area contributed by atoms with Crippen molar-refractivity contribution in [2.75, 3.05) is 11.9 Å². The van der Waals surface area contributed by atoms with Crippen LogP contribution in [-0.4, -0.2) is 56.4 Å². The van der Waals surface area contributed by atoms with E-state index in [1.165, 1.54) is 0 Å². The van der Waals surface area contributed by atoms with E-state index in [4.69, 9.17) is 0 Å². The Morgan fingerprint density at radius 3 is 2.46 bits per heavy atom. The van der Waals surface area contributed by atoms with E-state index < -0.39 is 28.7 Å². The summed E-state index contributed by atoms with van der Waals surface area (Å²) in [5, 5.41) is 16.4. The fourth-order valence-corrected chi connectivity index (χ4v) is 8.81. The minimum atomic E-state index is -0.747. The van der Waals surface area contributed by atoms with Gasteiger partial charge in [0, 0.05) is 17.5 Å². The highest BCUT2D eigenvalue weighted by Gasteiger charge is 2.74. The van der Waals surface area contributed by atoms with Crippen LogP contribution in [0.4, 0.5) is 5.69 Å². The largest absolute Gasteiger partial charge is 0.394 e. The van der Waals surface area contributed by atoms with Crippen molar-refractivity contribution in [2.24, 2.45) is 11.8 Å². The van der Waals surface area contributed by atoms with E-state index in [-0.39, 0.29) is 29.6 Å². The van der Waals surface area contributed by atoms with Gasteiger partial charge in [0.15, 0.2) is 0 Å². The van der Waals surface area contributed by atoms with Crippen molar-refractivity contribution < 1.29 is 19.5 Å². The summed E-state index contributed by atoms with van der Waals surface area (Å²) in [6, 6.07) is 14.3. The molecule has 2 unspecified atom stereocenters. The van der Waals surface area contributed by atoms with Gasteiger partial charge in [0.05, 0.1) is 29.2 Å². The number of thioether (sulfide) groups is 1. The van der Waals surface area contributed by atoms with Crippen LogP contribution in [0.2, 0.25) is 0 Å². The lowest BCUT2D eigenvalue weighted by Crippen LogP contribution is -2.54. The second-order valence-corrected chi connectivity index (χ2v) is 12.1. The maximum atomic E-state index is 14.1. The molecule has 196 valence electrons. The molecule has 3 aliphatic heterocycles. The van der Waals surface area contributed by atoms with E-state index >= 15 is 0 Å². The number of carbonyl (C=O) groups excluding carboxylic acids is 3. The zero-order valence-electron chi connectivity index (χ0n) is 21.6. The van der Waals surface area contributed by atoms with E-state index in [0.717, 1.165) is 28.8 Å². The number of nitrogens with one attached hydrogen (secondary N) is 2. The first kappa shape index (κ1) is 25.8. The van der Waals surface area contributed by atoms with Gasteiger partial charge < -0.3 is 20.6 Å². The molecule has 2 aromatic rings. The number of rotatable bonds is 8. The zero-order valence-corrected chi connectivity index (χ0v) is 22.4. The van der Waals surface area contributed by atoms with Gasteiger partial charge in [-0.1, -0.05) is 55.5 Å². The molecular formula is C29H35N3O4S. The molecule has 3 heterocycles. The Hall–Kier alpha value is -2.84. The van der Waals surface area contributed by atoms with Crippen molar-refractivity contribution in [3.05, 3.63) is 65.2 Å². The standard InChI is InChI=1S/C29H35N3O4S/c1-4-20(16-33)32-25(27(35)31-24-17(2)9-8-10-18(24)3)29-14-13-21(37-29)22(23(29)28(32)36)26(34)30-15-19-11-6-5-7-12-19/h5-12,20-23,25,33H,4,13-16H2,1-3H3,(H,30,34)(H,31,35)/t20-,21+,22-,23-,25?,29?/m0/s1. The number of aliphatic hydroxyl groups excluding tert-OH is 1. The van der Waals surface area contributed by atoms with Crippen LogP contribution in [0, 0.1) is 25.7 Å². The lowest BCUT2D eigenvalue weighted by atomic mass is 9.70. The van der Waals surface area contributed by atoms with Crippen LogP contribution in [-0.2, 0) is 20.9 Å². The van der Waals surface area contributed by atoms with Crippen LogP contribution >= 0.6 is 11.8 Å². The second-order valence-electron chi connectivity index (χ2n) is 10.5. The van der Waals surface area contributed by atoms with Gasteiger partial charge in [-0.3, -0.25) is 14.4 Å². The number of benzene rings is 2.